The van der Waals surface area contributed by atoms with E-state index in [0.29, 0.717) is 11.8 Å². The SMILES string of the molecule is CC(C)c1ncc[nH]1.Cc1cnc(C(C)C)[nH]1. The molecule has 94 valence electrons. The predicted molar refractivity (Wildman–Crippen MR) is 70.1 cm³/mol. The van der Waals surface area contributed by atoms with Crippen molar-refractivity contribution < 1.29 is 0 Å². The van der Waals surface area contributed by atoms with Gasteiger partial charge in [0.25, 0.3) is 0 Å². The summed E-state index contributed by atoms with van der Waals surface area (Å²) < 4.78 is 0. The zero-order valence-electron chi connectivity index (χ0n) is 11.3. The van der Waals surface area contributed by atoms with E-state index < -0.39 is 0 Å². The number of hydrogen-bond donors (Lipinski definition) is 2. The molecule has 0 atom stereocenters. The number of nitrogens with one attached hydrogen (secondary N) is 2. The summed E-state index contributed by atoms with van der Waals surface area (Å²) in [6.07, 6.45) is 5.47. The van der Waals surface area contributed by atoms with Gasteiger partial charge >= 0.3 is 0 Å². The second kappa shape index (κ2) is 6.23. The molecule has 0 saturated carbocycles. The maximum absolute atomic E-state index is 4.16. The monoisotopic (exact) mass is 234 g/mol. The van der Waals surface area contributed by atoms with Crippen LogP contribution >= 0.6 is 0 Å². The van der Waals surface area contributed by atoms with Gasteiger partial charge in [-0.25, -0.2) is 9.97 Å². The summed E-state index contributed by atoms with van der Waals surface area (Å²) in [5.41, 5.74) is 1.14. The van der Waals surface area contributed by atoms with E-state index in [9.17, 15) is 0 Å². The molecule has 4 heteroatoms. The molecule has 4 nitrogen and oxygen atoms in total. The summed E-state index contributed by atoms with van der Waals surface area (Å²) in [4.78, 5) is 14.4. The molecule has 0 aliphatic carbocycles. The van der Waals surface area contributed by atoms with E-state index >= 15 is 0 Å². The number of H-pyrrole nitrogens is 2. The van der Waals surface area contributed by atoms with E-state index in [2.05, 4.69) is 47.6 Å². The maximum atomic E-state index is 4.16. The minimum Gasteiger partial charge on any atom is -0.348 e. The van der Waals surface area contributed by atoms with Crippen LogP contribution in [-0.2, 0) is 0 Å². The Kier molecular flexibility index (Phi) is 4.94. The molecule has 0 unspecified atom stereocenters. The Morgan fingerprint density at radius 2 is 1.65 bits per heavy atom. The van der Waals surface area contributed by atoms with E-state index in [1.54, 1.807) is 6.20 Å². The van der Waals surface area contributed by atoms with Crippen LogP contribution in [0.2, 0.25) is 0 Å². The molecule has 0 aliphatic heterocycles. The van der Waals surface area contributed by atoms with Gasteiger partial charge in [0.1, 0.15) is 11.6 Å². The van der Waals surface area contributed by atoms with Crippen molar-refractivity contribution in [2.45, 2.75) is 46.5 Å². The highest BCUT2D eigenvalue weighted by molar-refractivity contribution is 5.01. The summed E-state index contributed by atoms with van der Waals surface area (Å²) in [6.45, 7) is 10.5. The quantitative estimate of drug-likeness (QED) is 0.837. The number of aromatic amines is 2. The first kappa shape index (κ1) is 13.5. The Balaban J connectivity index is 0.000000171. The van der Waals surface area contributed by atoms with Gasteiger partial charge in [-0.15, -0.1) is 0 Å². The maximum Gasteiger partial charge on any atom is 0.108 e. The van der Waals surface area contributed by atoms with Gasteiger partial charge in [0.15, 0.2) is 0 Å². The van der Waals surface area contributed by atoms with Gasteiger partial charge < -0.3 is 9.97 Å². The summed E-state index contributed by atoms with van der Waals surface area (Å²) in [5, 5.41) is 0. The molecule has 0 aliphatic rings. The van der Waals surface area contributed by atoms with Crippen LogP contribution in [0.4, 0.5) is 0 Å². The lowest BCUT2D eigenvalue weighted by molar-refractivity contribution is 0.792. The van der Waals surface area contributed by atoms with Crippen LogP contribution < -0.4 is 0 Å². The van der Waals surface area contributed by atoms with Crippen molar-refractivity contribution in [2.24, 2.45) is 0 Å². The van der Waals surface area contributed by atoms with Gasteiger partial charge in [0.05, 0.1) is 0 Å². The topological polar surface area (TPSA) is 57.4 Å². The standard InChI is InChI=1S/C7H12N2.C6H10N2/c1-5(2)7-8-4-6(3)9-7;1-5(2)6-7-3-4-8-6/h4-5H,1-3H3,(H,8,9);3-5H,1-2H3,(H,7,8). The molecular weight excluding hydrogens is 212 g/mol. The van der Waals surface area contributed by atoms with Crippen LogP contribution in [0.1, 0.15) is 56.9 Å². The molecule has 2 rings (SSSR count). The first-order valence-electron chi connectivity index (χ1n) is 6.01. The normalized spacial score (nSPS) is 10.5. The number of nitrogens with zero attached hydrogens (tertiary/aromatic N) is 2. The zero-order chi connectivity index (χ0) is 12.8. The lowest BCUT2D eigenvalue weighted by Crippen LogP contribution is -1.88. The second-order valence-electron chi connectivity index (χ2n) is 4.74. The lowest BCUT2D eigenvalue weighted by Gasteiger charge is -1.95. The van der Waals surface area contributed by atoms with Crippen LogP contribution in [0, 0.1) is 6.92 Å². The van der Waals surface area contributed by atoms with E-state index in [1.807, 2.05) is 19.3 Å². The van der Waals surface area contributed by atoms with Gasteiger partial charge in [-0.1, -0.05) is 27.7 Å². The number of hydrogen-bond acceptors (Lipinski definition) is 2. The van der Waals surface area contributed by atoms with Crippen LogP contribution in [-0.4, -0.2) is 19.9 Å². The fourth-order valence-electron chi connectivity index (χ4n) is 1.32. The van der Waals surface area contributed by atoms with Crippen molar-refractivity contribution in [3.05, 3.63) is 35.9 Å². The van der Waals surface area contributed by atoms with Crippen LogP contribution in [0.5, 0.6) is 0 Å². The molecule has 0 spiro atoms. The van der Waals surface area contributed by atoms with Crippen molar-refractivity contribution in [1.82, 2.24) is 19.9 Å². The van der Waals surface area contributed by atoms with E-state index in [1.165, 1.54) is 0 Å². The summed E-state index contributed by atoms with van der Waals surface area (Å²) in [6, 6.07) is 0. The molecule has 2 aromatic rings. The first-order valence-corrected chi connectivity index (χ1v) is 6.01. The van der Waals surface area contributed by atoms with E-state index in [-0.39, 0.29) is 0 Å². The van der Waals surface area contributed by atoms with Gasteiger partial charge in [-0.05, 0) is 6.92 Å². The Labute approximate surface area is 103 Å². The smallest absolute Gasteiger partial charge is 0.108 e. The third kappa shape index (κ3) is 4.43. The molecule has 0 fully saturated rings. The number of aryl methyl sites for hydroxylation is 1. The average Bonchev–Trinajstić information content (AvgIpc) is 2.87. The van der Waals surface area contributed by atoms with Crippen molar-refractivity contribution in [3.63, 3.8) is 0 Å². The molecule has 0 radical (unpaired) electrons. The van der Waals surface area contributed by atoms with Gasteiger partial charge in [0.2, 0.25) is 0 Å². The zero-order valence-corrected chi connectivity index (χ0v) is 11.3. The fourth-order valence-corrected chi connectivity index (χ4v) is 1.32. The van der Waals surface area contributed by atoms with Crippen molar-refractivity contribution >= 4 is 0 Å². The van der Waals surface area contributed by atoms with Crippen molar-refractivity contribution in [2.75, 3.05) is 0 Å². The van der Waals surface area contributed by atoms with Crippen LogP contribution in [0.25, 0.3) is 0 Å². The van der Waals surface area contributed by atoms with Crippen LogP contribution in [0.15, 0.2) is 18.6 Å². The third-order valence-corrected chi connectivity index (χ3v) is 2.34. The highest BCUT2D eigenvalue weighted by Gasteiger charge is 2.00. The third-order valence-electron chi connectivity index (χ3n) is 2.34. The molecule has 0 amide bonds. The Morgan fingerprint density at radius 3 is 1.88 bits per heavy atom. The highest BCUT2D eigenvalue weighted by atomic mass is 14.9. The number of aromatic nitrogens is 4. The Bertz CT molecular complexity index is 412. The highest BCUT2D eigenvalue weighted by Crippen LogP contribution is 2.08. The summed E-state index contributed by atoms with van der Waals surface area (Å²) in [5.74, 6) is 3.17. The first-order chi connectivity index (χ1) is 8.00. The number of imidazole rings is 2. The van der Waals surface area contributed by atoms with Crippen molar-refractivity contribution in [1.29, 1.82) is 0 Å². The number of rotatable bonds is 2. The molecule has 2 N–H and O–H groups in total. The summed E-state index contributed by atoms with van der Waals surface area (Å²) in [7, 11) is 0. The Morgan fingerprint density at radius 1 is 1.00 bits per heavy atom. The van der Waals surface area contributed by atoms with E-state index in [0.717, 1.165) is 17.3 Å². The summed E-state index contributed by atoms with van der Waals surface area (Å²) >= 11 is 0. The molecule has 2 heterocycles. The molecule has 0 bridgehead atoms. The lowest BCUT2D eigenvalue weighted by atomic mass is 10.2. The molecule has 0 saturated heterocycles. The van der Waals surface area contributed by atoms with Gasteiger partial charge in [-0.2, -0.15) is 0 Å². The largest absolute Gasteiger partial charge is 0.348 e. The molecular formula is C13H22N4. The minimum atomic E-state index is 0.513. The predicted octanol–water partition coefficient (Wildman–Crippen LogP) is 3.37. The second-order valence-corrected chi connectivity index (χ2v) is 4.74. The molecule has 2 aromatic heterocycles. The van der Waals surface area contributed by atoms with Crippen LogP contribution in [0.3, 0.4) is 0 Å². The molecule has 17 heavy (non-hydrogen) atoms. The van der Waals surface area contributed by atoms with Gasteiger partial charge in [0, 0.05) is 36.1 Å². The average molecular weight is 234 g/mol. The van der Waals surface area contributed by atoms with Crippen molar-refractivity contribution in [3.8, 4) is 0 Å². The minimum absolute atomic E-state index is 0.513. The van der Waals surface area contributed by atoms with Gasteiger partial charge in [-0.3, -0.25) is 0 Å². The molecule has 0 aromatic carbocycles. The van der Waals surface area contributed by atoms with E-state index in [4.69, 9.17) is 0 Å². The Hall–Kier alpha value is -1.58. The fraction of sp³-hybridized carbons (Fsp3) is 0.538.